The highest BCUT2D eigenvalue weighted by molar-refractivity contribution is 5.98. The fourth-order valence-electron chi connectivity index (χ4n) is 3.70. The molecule has 1 unspecified atom stereocenters. The second kappa shape index (κ2) is 6.05. The van der Waals surface area contributed by atoms with Crippen LogP contribution in [0.4, 0.5) is 0 Å². The zero-order valence-corrected chi connectivity index (χ0v) is 13.1. The maximum atomic E-state index is 12.4. The van der Waals surface area contributed by atoms with Crippen LogP contribution in [0.3, 0.4) is 0 Å². The smallest absolute Gasteiger partial charge is 0.224 e. The van der Waals surface area contributed by atoms with Crippen molar-refractivity contribution in [3.8, 4) is 12.3 Å². The van der Waals surface area contributed by atoms with Gasteiger partial charge in [-0.25, -0.2) is 0 Å². The normalized spacial score (nSPS) is 33.8. The van der Waals surface area contributed by atoms with Gasteiger partial charge in [-0.3, -0.25) is 9.59 Å². The first-order valence-corrected chi connectivity index (χ1v) is 7.82. The lowest BCUT2D eigenvalue weighted by Crippen LogP contribution is -2.30. The molecule has 2 aliphatic rings. The topological polar surface area (TPSA) is 46.2 Å². The number of carbonyl (C=O) groups is 2. The van der Waals surface area contributed by atoms with Gasteiger partial charge >= 0.3 is 0 Å². The number of Topliss-reactive ketones (excluding diaryl/α,β-unsaturated/α-hetero) is 1. The summed E-state index contributed by atoms with van der Waals surface area (Å²) in [6.07, 6.45) is 9.24. The van der Waals surface area contributed by atoms with Crippen molar-refractivity contribution in [3.05, 3.63) is 12.2 Å². The highest BCUT2D eigenvalue weighted by Crippen LogP contribution is 2.65. The van der Waals surface area contributed by atoms with Crippen molar-refractivity contribution in [2.24, 2.45) is 23.2 Å². The Morgan fingerprint density at radius 2 is 2.24 bits per heavy atom. The first kappa shape index (κ1) is 15.8. The zero-order valence-electron chi connectivity index (χ0n) is 13.1. The van der Waals surface area contributed by atoms with Crippen LogP contribution in [0.25, 0.3) is 0 Å². The highest BCUT2D eigenvalue weighted by atomic mass is 16.2. The van der Waals surface area contributed by atoms with E-state index in [1.54, 1.807) is 0 Å². The summed E-state index contributed by atoms with van der Waals surface area (Å²) >= 11 is 0. The fourth-order valence-corrected chi connectivity index (χ4v) is 3.70. The van der Waals surface area contributed by atoms with Gasteiger partial charge in [0.15, 0.2) is 0 Å². The van der Waals surface area contributed by atoms with Crippen LogP contribution >= 0.6 is 0 Å². The molecule has 1 N–H and O–H groups in total. The number of hydrogen-bond acceptors (Lipinski definition) is 2. The number of rotatable bonds is 6. The fraction of sp³-hybridized carbons (Fsp3) is 0.667. The van der Waals surface area contributed by atoms with Crippen LogP contribution in [0.5, 0.6) is 0 Å². The Labute approximate surface area is 127 Å². The van der Waals surface area contributed by atoms with E-state index in [4.69, 9.17) is 6.42 Å². The lowest BCUT2D eigenvalue weighted by atomic mass is 9.79. The van der Waals surface area contributed by atoms with Crippen LogP contribution in [0.15, 0.2) is 12.2 Å². The van der Waals surface area contributed by atoms with Crippen molar-refractivity contribution in [3.63, 3.8) is 0 Å². The van der Waals surface area contributed by atoms with Gasteiger partial charge in [0.2, 0.25) is 5.91 Å². The Morgan fingerprint density at radius 1 is 1.52 bits per heavy atom. The Kier molecular flexibility index (Phi) is 4.56. The molecule has 1 amide bonds. The van der Waals surface area contributed by atoms with E-state index in [-0.39, 0.29) is 29.4 Å². The molecular weight excluding hydrogens is 262 g/mol. The number of fused-ring (bicyclic) bond motifs is 1. The summed E-state index contributed by atoms with van der Waals surface area (Å²) in [6, 6.07) is 0. The summed E-state index contributed by atoms with van der Waals surface area (Å²) in [5.41, 5.74) is 0.639. The minimum atomic E-state index is -0.422. The third-order valence-electron chi connectivity index (χ3n) is 5.31. The van der Waals surface area contributed by atoms with E-state index >= 15 is 0 Å². The lowest BCUT2D eigenvalue weighted by Gasteiger charge is -2.24. The average Bonchev–Trinajstić information content (AvgIpc) is 3.05. The molecule has 0 radical (unpaired) electrons. The second-order valence-corrected chi connectivity index (χ2v) is 6.73. The minimum Gasteiger partial charge on any atom is -0.356 e. The van der Waals surface area contributed by atoms with E-state index in [2.05, 4.69) is 17.8 Å². The lowest BCUT2D eigenvalue weighted by molar-refractivity contribution is -0.130. The van der Waals surface area contributed by atoms with E-state index in [9.17, 15) is 9.59 Å². The summed E-state index contributed by atoms with van der Waals surface area (Å²) in [5, 5.41) is 2.97. The molecule has 0 spiro atoms. The Hall–Kier alpha value is -1.56. The van der Waals surface area contributed by atoms with Gasteiger partial charge in [-0.2, -0.15) is 0 Å². The first-order chi connectivity index (χ1) is 9.92. The van der Waals surface area contributed by atoms with Crippen molar-refractivity contribution >= 4 is 11.7 Å². The van der Waals surface area contributed by atoms with Crippen molar-refractivity contribution < 1.29 is 9.59 Å². The molecule has 2 aliphatic carbocycles. The summed E-state index contributed by atoms with van der Waals surface area (Å²) in [4.78, 5) is 24.7. The van der Waals surface area contributed by atoms with Crippen molar-refractivity contribution in [1.82, 2.24) is 5.32 Å². The first-order valence-electron chi connectivity index (χ1n) is 7.82. The van der Waals surface area contributed by atoms with Crippen LogP contribution in [0.2, 0.25) is 0 Å². The number of allylic oxidation sites excluding steroid dienone is 1. The predicted octanol–water partition coefficient (Wildman–Crippen LogP) is 2.71. The van der Waals surface area contributed by atoms with Gasteiger partial charge in [0.05, 0.1) is 5.92 Å². The molecule has 2 saturated carbocycles. The number of amides is 1. The predicted molar refractivity (Wildman–Crippen MR) is 83.3 cm³/mol. The molecule has 0 aliphatic heterocycles. The number of terminal acetylenes is 1. The summed E-state index contributed by atoms with van der Waals surface area (Å²) in [6.45, 7) is 8.55. The van der Waals surface area contributed by atoms with Crippen LogP contribution < -0.4 is 5.32 Å². The molecule has 3 nitrogen and oxygen atoms in total. The molecule has 0 saturated heterocycles. The molecule has 0 aromatic rings. The number of hydrogen-bond donors (Lipinski definition) is 1. The third-order valence-corrected chi connectivity index (χ3v) is 5.31. The van der Waals surface area contributed by atoms with Gasteiger partial charge in [0.25, 0.3) is 0 Å². The second-order valence-electron chi connectivity index (χ2n) is 6.73. The Morgan fingerprint density at radius 3 is 2.86 bits per heavy atom. The Bertz CT molecular complexity index is 502. The van der Waals surface area contributed by atoms with E-state index in [1.165, 1.54) is 0 Å². The van der Waals surface area contributed by atoms with Crippen molar-refractivity contribution in [2.75, 3.05) is 6.54 Å². The zero-order chi connectivity index (χ0) is 15.6. The summed E-state index contributed by atoms with van der Waals surface area (Å²) in [7, 11) is 0. The van der Waals surface area contributed by atoms with E-state index in [0.29, 0.717) is 13.0 Å². The van der Waals surface area contributed by atoms with Gasteiger partial charge in [-0.15, -0.1) is 12.3 Å². The van der Waals surface area contributed by atoms with Gasteiger partial charge in [-0.1, -0.05) is 19.1 Å². The molecule has 4 atom stereocenters. The number of unbranched alkanes of at least 4 members (excludes halogenated alkanes) is 2. The van der Waals surface area contributed by atoms with E-state index in [1.807, 2.05) is 13.8 Å². The number of carbonyl (C=O) groups excluding carboxylic acids is 2. The third kappa shape index (κ3) is 2.90. The number of nitrogens with one attached hydrogen (secondary N) is 1. The SMILES string of the molecule is C#CCCCCNC(=O)C1[C@@H]2C[C@@H](C(=C)C)CC(=O)[C@]12C. The van der Waals surface area contributed by atoms with Crippen LogP contribution in [-0.2, 0) is 9.59 Å². The Balaban J connectivity index is 1.88. The maximum Gasteiger partial charge on any atom is 0.224 e. The molecule has 114 valence electrons. The molecule has 2 fully saturated rings. The largest absolute Gasteiger partial charge is 0.356 e. The summed E-state index contributed by atoms with van der Waals surface area (Å²) in [5.74, 6) is 3.19. The molecule has 3 heteroatoms. The van der Waals surface area contributed by atoms with E-state index in [0.717, 1.165) is 31.3 Å². The quantitative estimate of drug-likeness (QED) is 0.464. The van der Waals surface area contributed by atoms with Crippen molar-refractivity contribution in [2.45, 2.75) is 46.0 Å². The molecule has 0 aromatic carbocycles. The maximum absolute atomic E-state index is 12.4. The minimum absolute atomic E-state index is 0.0407. The van der Waals surface area contributed by atoms with Crippen LogP contribution in [-0.4, -0.2) is 18.2 Å². The van der Waals surface area contributed by atoms with Gasteiger partial charge in [-0.05, 0) is 38.0 Å². The molecule has 0 bridgehead atoms. The van der Waals surface area contributed by atoms with Gasteiger partial charge in [0.1, 0.15) is 5.78 Å². The molecule has 2 rings (SSSR count). The summed E-state index contributed by atoms with van der Waals surface area (Å²) < 4.78 is 0. The molecule has 21 heavy (non-hydrogen) atoms. The van der Waals surface area contributed by atoms with Gasteiger partial charge < -0.3 is 5.32 Å². The highest BCUT2D eigenvalue weighted by Gasteiger charge is 2.70. The number of ketones is 1. The molecule has 0 aromatic heterocycles. The average molecular weight is 287 g/mol. The van der Waals surface area contributed by atoms with Gasteiger partial charge in [0, 0.05) is 24.8 Å². The monoisotopic (exact) mass is 287 g/mol. The van der Waals surface area contributed by atoms with Crippen LogP contribution in [0, 0.1) is 35.5 Å². The van der Waals surface area contributed by atoms with Crippen molar-refractivity contribution in [1.29, 1.82) is 0 Å². The standard InChI is InChI=1S/C18H25NO2/c1-5-6-7-8-9-19-17(21)16-14-10-13(12(2)3)11-15(20)18(14,16)4/h1,13-14,16H,2,6-11H2,3-4H3,(H,19,21)/t13-,14+,16?,18-/m1/s1. The molecule has 0 heterocycles. The molecular formula is C18H25NO2. The van der Waals surface area contributed by atoms with E-state index < -0.39 is 5.41 Å². The van der Waals surface area contributed by atoms with Crippen LogP contribution in [0.1, 0.15) is 46.0 Å².